The van der Waals surface area contributed by atoms with Crippen LogP contribution in [0.1, 0.15) is 99.9 Å². The van der Waals surface area contributed by atoms with Gasteiger partial charge in [0, 0.05) is 38.7 Å². The van der Waals surface area contributed by atoms with Crippen LogP contribution in [0, 0.1) is 0 Å². The Balaban J connectivity index is 1.03. The minimum Gasteiger partial charge on any atom is -0.310 e. The van der Waals surface area contributed by atoms with Gasteiger partial charge in [-0.05, 0) is 149 Å². The van der Waals surface area contributed by atoms with Crippen molar-refractivity contribution in [3.8, 4) is 55.6 Å². The highest BCUT2D eigenvalue weighted by Crippen LogP contribution is 2.59. The topological polar surface area (TPSA) is 3.24 Å². The van der Waals surface area contributed by atoms with E-state index in [1.165, 1.54) is 117 Å². The Morgan fingerprint density at radius 3 is 1.16 bits per heavy atom. The van der Waals surface area contributed by atoms with Crippen LogP contribution >= 0.6 is 0 Å². The second kappa shape index (κ2) is 12.1. The zero-order valence-electron chi connectivity index (χ0n) is 36.5. The van der Waals surface area contributed by atoms with Gasteiger partial charge >= 0.3 is 0 Å². The van der Waals surface area contributed by atoms with Gasteiger partial charge in [0.05, 0.1) is 0 Å². The molecule has 0 N–H and O–H groups in total. The number of hydrogen-bond acceptors (Lipinski definition) is 1. The second-order valence-corrected chi connectivity index (χ2v) is 20.2. The van der Waals surface area contributed by atoms with E-state index in [4.69, 9.17) is 0 Å². The van der Waals surface area contributed by atoms with Crippen LogP contribution in [0.5, 0.6) is 0 Å². The molecular weight excluding hydrogens is 735 g/mol. The first-order valence-electron chi connectivity index (χ1n) is 22.1. The summed E-state index contributed by atoms with van der Waals surface area (Å²) in [5.41, 5.74) is 27.7. The Kier molecular flexibility index (Phi) is 7.23. The first-order valence-corrected chi connectivity index (χ1v) is 22.1. The molecular formula is C60H51N. The van der Waals surface area contributed by atoms with Gasteiger partial charge in [0.25, 0.3) is 0 Å². The van der Waals surface area contributed by atoms with E-state index in [9.17, 15) is 0 Å². The average Bonchev–Trinajstić information content (AvgIpc) is 3.83. The molecule has 61 heavy (non-hydrogen) atoms. The van der Waals surface area contributed by atoms with Crippen LogP contribution in [-0.4, -0.2) is 0 Å². The fraction of sp³-hybridized carbons (Fsp3) is 0.200. The van der Waals surface area contributed by atoms with Crippen LogP contribution in [0.4, 0.5) is 17.1 Å². The van der Waals surface area contributed by atoms with E-state index in [-0.39, 0.29) is 21.7 Å². The summed E-state index contributed by atoms with van der Waals surface area (Å²) in [6, 6.07) is 62.6. The maximum absolute atomic E-state index is 2.56. The molecule has 0 unspecified atom stereocenters. The highest BCUT2D eigenvalue weighted by Gasteiger charge is 2.43. The summed E-state index contributed by atoms with van der Waals surface area (Å²) in [6.07, 6.45) is 0. The number of nitrogens with zero attached hydrogens (tertiary/aromatic N) is 1. The summed E-state index contributed by atoms with van der Waals surface area (Å²) in [7, 11) is 0. The maximum atomic E-state index is 2.56. The fourth-order valence-electron chi connectivity index (χ4n) is 12.1. The van der Waals surface area contributed by atoms with Gasteiger partial charge in [0.1, 0.15) is 0 Å². The van der Waals surface area contributed by atoms with E-state index in [2.05, 4.69) is 224 Å². The van der Waals surface area contributed by atoms with Crippen LogP contribution < -0.4 is 4.90 Å². The molecule has 0 heterocycles. The monoisotopic (exact) mass is 785 g/mol. The summed E-state index contributed by atoms with van der Waals surface area (Å²) in [4.78, 5) is 2.53. The van der Waals surface area contributed by atoms with Gasteiger partial charge in [-0.15, -0.1) is 0 Å². The standard InChI is InChI=1S/C60H51N/c1-57(2)48-22-14-12-19-41(48)43-28-25-37(31-51(43)57)61(38-26-29-44-42-20-13-15-23-49(42)58(3,4)52(44)32-38)39-27-30-45-46-34-55-47(35-54(46)60(7,8)53(45)33-39)56-40(36-17-10-9-11-18-36)21-16-24-50(56)59(55,5)6/h9-35H,1-8H3. The molecule has 1 nitrogen and oxygen atoms in total. The van der Waals surface area contributed by atoms with E-state index < -0.39 is 0 Å². The summed E-state index contributed by atoms with van der Waals surface area (Å²) >= 11 is 0. The van der Waals surface area contributed by atoms with Crippen molar-refractivity contribution in [2.75, 3.05) is 4.90 Å². The number of fused-ring (bicyclic) bond motifs is 12. The Labute approximate surface area is 361 Å². The average molecular weight is 786 g/mol. The minimum atomic E-state index is -0.209. The van der Waals surface area contributed by atoms with Crippen molar-refractivity contribution in [3.63, 3.8) is 0 Å². The molecule has 0 aliphatic heterocycles. The van der Waals surface area contributed by atoms with Crippen molar-refractivity contribution in [1.82, 2.24) is 0 Å². The van der Waals surface area contributed by atoms with Crippen molar-refractivity contribution < 1.29 is 0 Å². The molecule has 0 fully saturated rings. The summed E-state index contributed by atoms with van der Waals surface area (Å²) in [5.74, 6) is 0. The molecule has 0 saturated heterocycles. The van der Waals surface area contributed by atoms with Crippen LogP contribution in [0.2, 0.25) is 0 Å². The third-order valence-corrected chi connectivity index (χ3v) is 15.5. The van der Waals surface area contributed by atoms with Crippen LogP contribution in [-0.2, 0) is 21.7 Å². The highest BCUT2D eigenvalue weighted by molar-refractivity contribution is 5.97. The van der Waals surface area contributed by atoms with Gasteiger partial charge in [0.2, 0.25) is 0 Å². The molecule has 0 atom stereocenters. The van der Waals surface area contributed by atoms with Gasteiger partial charge < -0.3 is 4.90 Å². The van der Waals surface area contributed by atoms with Crippen molar-refractivity contribution in [2.45, 2.75) is 77.0 Å². The van der Waals surface area contributed by atoms with Crippen molar-refractivity contribution in [3.05, 3.63) is 208 Å². The SMILES string of the molecule is CC1(C)c2ccccc2-c2ccc(N(c3ccc4c(c3)C(C)(C)c3ccccc3-4)c3ccc4c(c3)C(C)(C)c3cc5c(cc3-4)C(C)(C)c3cccc(-c4ccccc4)c3-5)cc21. The van der Waals surface area contributed by atoms with Crippen LogP contribution in [0.25, 0.3) is 55.6 Å². The highest BCUT2D eigenvalue weighted by atomic mass is 15.1. The first-order chi connectivity index (χ1) is 29.3. The molecule has 0 saturated carbocycles. The van der Waals surface area contributed by atoms with Gasteiger partial charge in [-0.1, -0.05) is 171 Å². The fourth-order valence-corrected chi connectivity index (χ4v) is 12.1. The molecule has 1 heteroatoms. The lowest BCUT2D eigenvalue weighted by atomic mass is 9.79. The predicted octanol–water partition coefficient (Wildman–Crippen LogP) is 16.0. The Bertz CT molecular complexity index is 3080. The Morgan fingerprint density at radius 1 is 0.262 bits per heavy atom. The third-order valence-electron chi connectivity index (χ3n) is 15.5. The number of anilines is 3. The van der Waals surface area contributed by atoms with E-state index in [1.807, 2.05) is 0 Å². The summed E-state index contributed by atoms with van der Waals surface area (Å²) in [6.45, 7) is 19.2. The van der Waals surface area contributed by atoms with Crippen LogP contribution in [0.3, 0.4) is 0 Å². The number of benzene rings is 8. The lowest BCUT2D eigenvalue weighted by Crippen LogP contribution is -2.19. The number of rotatable bonds is 4. The van der Waals surface area contributed by atoms with Crippen molar-refractivity contribution in [2.24, 2.45) is 0 Å². The molecule has 0 aromatic heterocycles. The van der Waals surface area contributed by atoms with Gasteiger partial charge in [-0.2, -0.15) is 0 Å². The van der Waals surface area contributed by atoms with Gasteiger partial charge in [0.15, 0.2) is 0 Å². The molecule has 0 amide bonds. The summed E-state index contributed by atoms with van der Waals surface area (Å²) in [5, 5.41) is 0. The van der Waals surface area contributed by atoms with Gasteiger partial charge in [-0.25, -0.2) is 0 Å². The Hall–Kier alpha value is -6.44. The second-order valence-electron chi connectivity index (χ2n) is 20.2. The molecule has 4 aliphatic carbocycles. The minimum absolute atomic E-state index is 0.107. The Morgan fingerprint density at radius 2 is 0.623 bits per heavy atom. The van der Waals surface area contributed by atoms with E-state index in [0.29, 0.717) is 0 Å². The first kappa shape index (κ1) is 36.4. The maximum Gasteiger partial charge on any atom is 0.0465 e. The molecule has 0 radical (unpaired) electrons. The molecule has 8 aromatic carbocycles. The van der Waals surface area contributed by atoms with E-state index in [1.54, 1.807) is 0 Å². The quantitative estimate of drug-likeness (QED) is 0.172. The zero-order chi connectivity index (χ0) is 41.8. The van der Waals surface area contributed by atoms with E-state index in [0.717, 1.165) is 0 Å². The van der Waals surface area contributed by atoms with Gasteiger partial charge in [-0.3, -0.25) is 0 Å². The predicted molar refractivity (Wildman–Crippen MR) is 257 cm³/mol. The zero-order valence-corrected chi connectivity index (χ0v) is 36.5. The molecule has 0 spiro atoms. The van der Waals surface area contributed by atoms with Crippen molar-refractivity contribution in [1.29, 1.82) is 0 Å². The molecule has 296 valence electrons. The number of hydrogen-bond donors (Lipinski definition) is 0. The largest absolute Gasteiger partial charge is 0.310 e. The van der Waals surface area contributed by atoms with Crippen LogP contribution in [0.15, 0.2) is 164 Å². The van der Waals surface area contributed by atoms with E-state index >= 15 is 0 Å². The molecule has 0 bridgehead atoms. The molecule has 12 rings (SSSR count). The normalized spacial score (nSPS) is 16.7. The summed E-state index contributed by atoms with van der Waals surface area (Å²) < 4.78 is 0. The smallest absolute Gasteiger partial charge is 0.0465 e. The van der Waals surface area contributed by atoms with Crippen molar-refractivity contribution >= 4 is 17.1 Å². The lowest BCUT2D eigenvalue weighted by molar-refractivity contribution is 0.652. The third kappa shape index (κ3) is 4.78. The molecule has 4 aliphatic rings. The molecule has 8 aromatic rings. The lowest BCUT2D eigenvalue weighted by Gasteiger charge is -2.31.